The van der Waals surface area contributed by atoms with Gasteiger partial charge in [0.25, 0.3) is 0 Å². The molecule has 7 nitrogen and oxygen atoms in total. The Labute approximate surface area is 148 Å². The summed E-state index contributed by atoms with van der Waals surface area (Å²) in [6.45, 7) is 3.93. The summed E-state index contributed by atoms with van der Waals surface area (Å²) in [6, 6.07) is 4.12. The highest BCUT2D eigenvalue weighted by atomic mass is 16.5. The van der Waals surface area contributed by atoms with Crippen molar-refractivity contribution in [2.45, 2.75) is 25.3 Å². The second kappa shape index (κ2) is 8.40. The summed E-state index contributed by atoms with van der Waals surface area (Å²) in [5.41, 5.74) is 6.49. The fraction of sp³-hybridized carbons (Fsp3) is 0.611. The summed E-state index contributed by atoms with van der Waals surface area (Å²) in [5.74, 6) is -0.644. The fourth-order valence-corrected chi connectivity index (χ4v) is 3.62. The molecule has 1 atom stereocenters. The van der Waals surface area contributed by atoms with Crippen LogP contribution in [0.4, 0.5) is 0 Å². The highest BCUT2D eigenvalue weighted by Crippen LogP contribution is 2.19. The van der Waals surface area contributed by atoms with Crippen LogP contribution in [0.3, 0.4) is 0 Å². The van der Waals surface area contributed by atoms with Crippen LogP contribution in [0, 0.1) is 5.92 Å². The smallest absolute Gasteiger partial charge is 0.227 e. The third-order valence-electron chi connectivity index (χ3n) is 5.09. The second-order valence-corrected chi connectivity index (χ2v) is 6.82. The Hall–Kier alpha value is -1.99. The van der Waals surface area contributed by atoms with Crippen molar-refractivity contribution in [3.05, 3.63) is 30.1 Å². The molecule has 2 saturated heterocycles. The molecule has 1 aromatic heterocycles. The van der Waals surface area contributed by atoms with Crippen LogP contribution in [-0.2, 0) is 20.7 Å². The first-order chi connectivity index (χ1) is 12.1. The number of primary amides is 1. The highest BCUT2D eigenvalue weighted by molar-refractivity contribution is 5.81. The van der Waals surface area contributed by atoms with Gasteiger partial charge in [-0.2, -0.15) is 0 Å². The van der Waals surface area contributed by atoms with Crippen LogP contribution in [-0.4, -0.2) is 72.0 Å². The molecule has 0 bridgehead atoms. The van der Waals surface area contributed by atoms with Gasteiger partial charge in [0.1, 0.15) is 0 Å². The van der Waals surface area contributed by atoms with Gasteiger partial charge in [-0.1, -0.05) is 6.07 Å². The van der Waals surface area contributed by atoms with Gasteiger partial charge in [-0.15, -0.1) is 0 Å². The molecule has 0 unspecified atom stereocenters. The van der Waals surface area contributed by atoms with E-state index in [1.165, 1.54) is 0 Å². The molecule has 3 rings (SSSR count). The van der Waals surface area contributed by atoms with Crippen LogP contribution in [0.5, 0.6) is 0 Å². The lowest BCUT2D eigenvalue weighted by molar-refractivity contribution is -0.131. The van der Waals surface area contributed by atoms with Crippen LogP contribution in [0.25, 0.3) is 0 Å². The zero-order valence-electron chi connectivity index (χ0n) is 14.5. The van der Waals surface area contributed by atoms with Gasteiger partial charge in [-0.25, -0.2) is 0 Å². The summed E-state index contributed by atoms with van der Waals surface area (Å²) in [5, 5.41) is 0. The SMILES string of the molecule is NC(=O)[C@H]1CN(C(=O)Cc2cccnc2)CCN(C2CCOCC2)C1. The predicted octanol–water partition coefficient (Wildman–Crippen LogP) is 0.0488. The Morgan fingerprint density at radius 1 is 1.24 bits per heavy atom. The molecule has 25 heavy (non-hydrogen) atoms. The number of amides is 2. The van der Waals surface area contributed by atoms with Crippen molar-refractivity contribution in [2.24, 2.45) is 11.7 Å². The minimum absolute atomic E-state index is 0.0214. The number of hydrogen-bond donors (Lipinski definition) is 1. The van der Waals surface area contributed by atoms with E-state index >= 15 is 0 Å². The van der Waals surface area contributed by atoms with Gasteiger partial charge in [0.15, 0.2) is 0 Å². The molecule has 2 aliphatic heterocycles. The number of carbonyl (C=O) groups excluding carboxylic acids is 2. The minimum atomic E-state index is -0.335. The molecule has 2 aliphatic rings. The summed E-state index contributed by atoms with van der Waals surface area (Å²) in [7, 11) is 0. The molecule has 7 heteroatoms. The van der Waals surface area contributed by atoms with E-state index in [0.717, 1.165) is 38.2 Å². The van der Waals surface area contributed by atoms with Crippen molar-refractivity contribution in [1.29, 1.82) is 0 Å². The molecule has 136 valence electrons. The molecule has 0 aliphatic carbocycles. The van der Waals surface area contributed by atoms with Crippen LogP contribution in [0.2, 0.25) is 0 Å². The van der Waals surface area contributed by atoms with E-state index in [2.05, 4.69) is 9.88 Å². The largest absolute Gasteiger partial charge is 0.381 e. The monoisotopic (exact) mass is 346 g/mol. The maximum Gasteiger partial charge on any atom is 0.227 e. The molecule has 1 aromatic rings. The molecular weight excluding hydrogens is 320 g/mol. The zero-order valence-corrected chi connectivity index (χ0v) is 14.5. The van der Waals surface area contributed by atoms with Crippen LogP contribution < -0.4 is 5.73 Å². The molecule has 0 aromatic carbocycles. The Kier molecular flexibility index (Phi) is 5.99. The average Bonchev–Trinajstić information content (AvgIpc) is 2.87. The molecule has 2 N–H and O–H groups in total. The molecule has 0 spiro atoms. The number of ether oxygens (including phenoxy) is 1. The van der Waals surface area contributed by atoms with Crippen molar-refractivity contribution < 1.29 is 14.3 Å². The predicted molar refractivity (Wildman–Crippen MR) is 92.6 cm³/mol. The van der Waals surface area contributed by atoms with E-state index in [-0.39, 0.29) is 17.7 Å². The Balaban J connectivity index is 1.66. The summed E-state index contributed by atoms with van der Waals surface area (Å²) in [4.78, 5) is 32.7. The lowest BCUT2D eigenvalue weighted by Gasteiger charge is -2.34. The second-order valence-electron chi connectivity index (χ2n) is 6.82. The average molecular weight is 346 g/mol. The van der Waals surface area contributed by atoms with Crippen LogP contribution >= 0.6 is 0 Å². The molecule has 2 amide bonds. The molecule has 2 fully saturated rings. The lowest BCUT2D eigenvalue weighted by atomic mass is 10.0. The summed E-state index contributed by atoms with van der Waals surface area (Å²) >= 11 is 0. The van der Waals surface area contributed by atoms with Gasteiger partial charge in [0.05, 0.1) is 12.3 Å². The topological polar surface area (TPSA) is 88.8 Å². The van der Waals surface area contributed by atoms with Gasteiger partial charge >= 0.3 is 0 Å². The molecule has 0 radical (unpaired) electrons. The number of pyridine rings is 1. The zero-order chi connectivity index (χ0) is 17.6. The van der Waals surface area contributed by atoms with E-state index in [4.69, 9.17) is 10.5 Å². The number of rotatable bonds is 4. The van der Waals surface area contributed by atoms with Crippen molar-refractivity contribution in [1.82, 2.24) is 14.8 Å². The number of aromatic nitrogens is 1. The van der Waals surface area contributed by atoms with Gasteiger partial charge in [-0.05, 0) is 24.5 Å². The maximum absolute atomic E-state index is 12.7. The van der Waals surface area contributed by atoms with Crippen LogP contribution in [0.1, 0.15) is 18.4 Å². The Bertz CT molecular complexity index is 589. The van der Waals surface area contributed by atoms with Crippen LogP contribution in [0.15, 0.2) is 24.5 Å². The first-order valence-electron chi connectivity index (χ1n) is 8.91. The molecular formula is C18H26N4O3. The lowest BCUT2D eigenvalue weighted by Crippen LogP contribution is -2.44. The summed E-state index contributed by atoms with van der Waals surface area (Å²) in [6.07, 6.45) is 5.63. The van der Waals surface area contributed by atoms with Gasteiger partial charge in [0, 0.05) is 57.8 Å². The molecule has 3 heterocycles. The Morgan fingerprint density at radius 3 is 2.72 bits per heavy atom. The Morgan fingerprint density at radius 2 is 2.04 bits per heavy atom. The molecule has 0 saturated carbocycles. The third kappa shape index (κ3) is 4.76. The quantitative estimate of drug-likeness (QED) is 0.832. The van der Waals surface area contributed by atoms with Gasteiger partial charge in [-0.3, -0.25) is 19.5 Å². The van der Waals surface area contributed by atoms with Crippen molar-refractivity contribution in [2.75, 3.05) is 39.4 Å². The van der Waals surface area contributed by atoms with E-state index in [0.29, 0.717) is 32.1 Å². The fourth-order valence-electron chi connectivity index (χ4n) is 3.62. The highest BCUT2D eigenvalue weighted by Gasteiger charge is 2.32. The van der Waals surface area contributed by atoms with Gasteiger partial charge < -0.3 is 15.4 Å². The maximum atomic E-state index is 12.7. The first kappa shape index (κ1) is 17.8. The van der Waals surface area contributed by atoms with E-state index in [1.807, 2.05) is 12.1 Å². The number of carbonyl (C=O) groups is 2. The number of nitrogens with zero attached hydrogens (tertiary/aromatic N) is 3. The van der Waals surface area contributed by atoms with Gasteiger partial charge in [0.2, 0.25) is 11.8 Å². The van der Waals surface area contributed by atoms with E-state index in [1.54, 1.807) is 17.3 Å². The number of hydrogen-bond acceptors (Lipinski definition) is 5. The van der Waals surface area contributed by atoms with E-state index < -0.39 is 0 Å². The van der Waals surface area contributed by atoms with E-state index in [9.17, 15) is 9.59 Å². The standard InChI is InChI=1S/C18H26N4O3/c19-18(24)15-12-21(16-3-8-25-9-4-16)6-7-22(13-15)17(23)10-14-2-1-5-20-11-14/h1-2,5,11,15-16H,3-4,6-10,12-13H2,(H2,19,24)/t15-/m1/s1. The first-order valence-corrected chi connectivity index (χ1v) is 8.91. The van der Waals surface area contributed by atoms with Crippen molar-refractivity contribution in [3.8, 4) is 0 Å². The third-order valence-corrected chi connectivity index (χ3v) is 5.09. The van der Waals surface area contributed by atoms with Crippen molar-refractivity contribution >= 4 is 11.8 Å². The summed E-state index contributed by atoms with van der Waals surface area (Å²) < 4.78 is 5.43. The minimum Gasteiger partial charge on any atom is -0.381 e. The normalized spacial score (nSPS) is 23.2. The van der Waals surface area contributed by atoms with Crippen molar-refractivity contribution in [3.63, 3.8) is 0 Å². The number of nitrogens with two attached hydrogens (primary N) is 1.